The minimum Gasteiger partial charge on any atom is -0.454 e. The Morgan fingerprint density at radius 3 is 2.12 bits per heavy atom. The van der Waals surface area contributed by atoms with Gasteiger partial charge in [-0.1, -0.05) is 0 Å². The number of nitrogens with one attached hydrogen (secondary N) is 2. The van der Waals surface area contributed by atoms with Crippen molar-refractivity contribution in [1.82, 2.24) is 5.32 Å². The Morgan fingerprint density at radius 2 is 1.52 bits per heavy atom. The molecule has 5 fully saturated rings. The zero-order valence-corrected chi connectivity index (χ0v) is 19.3. The molecule has 6 rings (SSSR count). The van der Waals surface area contributed by atoms with E-state index in [1.165, 1.54) is 32.1 Å². The molecule has 7 heteroatoms. The predicted octanol–water partition coefficient (Wildman–Crippen LogP) is 3.49. The molecule has 7 nitrogen and oxygen atoms in total. The van der Waals surface area contributed by atoms with Crippen LogP contribution in [0.3, 0.4) is 0 Å². The summed E-state index contributed by atoms with van der Waals surface area (Å²) >= 11 is 0. The van der Waals surface area contributed by atoms with Crippen LogP contribution in [0.5, 0.6) is 0 Å². The summed E-state index contributed by atoms with van der Waals surface area (Å²) in [4.78, 5) is 39.0. The van der Waals surface area contributed by atoms with Gasteiger partial charge in [0.05, 0.1) is 0 Å². The zero-order chi connectivity index (χ0) is 22.8. The van der Waals surface area contributed by atoms with Crippen molar-refractivity contribution in [1.29, 1.82) is 0 Å². The van der Waals surface area contributed by atoms with Crippen molar-refractivity contribution in [2.75, 3.05) is 36.5 Å². The van der Waals surface area contributed by atoms with Crippen molar-refractivity contribution in [3.05, 3.63) is 24.3 Å². The van der Waals surface area contributed by atoms with Gasteiger partial charge in [0.2, 0.25) is 5.91 Å². The Balaban J connectivity index is 1.01. The molecule has 5 aliphatic rings. The zero-order valence-electron chi connectivity index (χ0n) is 19.3. The molecule has 2 N–H and O–H groups in total. The van der Waals surface area contributed by atoms with Gasteiger partial charge in [-0.15, -0.1) is 0 Å². The summed E-state index contributed by atoms with van der Waals surface area (Å²) in [5, 5.41) is 5.46. The molecule has 0 unspecified atom stereocenters. The van der Waals surface area contributed by atoms with Crippen LogP contribution in [0.4, 0.5) is 11.4 Å². The number of amides is 2. The fourth-order valence-corrected chi connectivity index (χ4v) is 7.21. The fourth-order valence-electron chi connectivity index (χ4n) is 7.21. The van der Waals surface area contributed by atoms with Crippen LogP contribution in [-0.2, 0) is 19.1 Å². The molecular weight excluding hydrogens is 418 g/mol. The molecule has 2 amide bonds. The highest BCUT2D eigenvalue weighted by Gasteiger charge is 2.51. The Hall–Kier alpha value is -2.57. The van der Waals surface area contributed by atoms with E-state index >= 15 is 0 Å². The van der Waals surface area contributed by atoms with Gasteiger partial charge in [0, 0.05) is 30.9 Å². The maximum atomic E-state index is 12.5. The van der Waals surface area contributed by atoms with Crippen LogP contribution in [-0.4, -0.2) is 44.0 Å². The molecule has 1 aromatic rings. The number of ether oxygens (including phenoxy) is 1. The lowest BCUT2D eigenvalue weighted by Gasteiger charge is -2.56. The van der Waals surface area contributed by atoms with Crippen LogP contribution in [0.2, 0.25) is 0 Å². The monoisotopic (exact) mass is 453 g/mol. The third-order valence-corrected chi connectivity index (χ3v) is 8.12. The molecule has 1 heterocycles. The number of esters is 1. The van der Waals surface area contributed by atoms with Gasteiger partial charge in [-0.2, -0.15) is 0 Å². The summed E-state index contributed by atoms with van der Waals surface area (Å²) in [6.45, 7) is 1.59. The Morgan fingerprint density at radius 1 is 0.909 bits per heavy atom. The van der Waals surface area contributed by atoms with Crippen molar-refractivity contribution in [2.45, 2.75) is 57.8 Å². The van der Waals surface area contributed by atoms with E-state index in [2.05, 4.69) is 15.5 Å². The molecule has 1 saturated heterocycles. The average molecular weight is 454 g/mol. The summed E-state index contributed by atoms with van der Waals surface area (Å²) in [5.41, 5.74) is 1.97. The van der Waals surface area contributed by atoms with Gasteiger partial charge in [0.25, 0.3) is 5.91 Å². The third kappa shape index (κ3) is 5.33. The molecular formula is C26H35N3O4. The molecule has 4 aliphatic carbocycles. The number of nitrogens with zero attached hydrogens (tertiary/aromatic N) is 1. The number of benzene rings is 1. The number of carbonyl (C=O) groups excluding carboxylic acids is 3. The molecule has 33 heavy (non-hydrogen) atoms. The maximum absolute atomic E-state index is 12.5. The van der Waals surface area contributed by atoms with Gasteiger partial charge in [0.1, 0.15) is 6.54 Å². The topological polar surface area (TPSA) is 87.7 Å². The van der Waals surface area contributed by atoms with E-state index in [9.17, 15) is 14.4 Å². The first-order valence-corrected chi connectivity index (χ1v) is 12.5. The molecule has 0 atom stereocenters. The van der Waals surface area contributed by atoms with E-state index in [0.717, 1.165) is 55.8 Å². The second kappa shape index (κ2) is 9.35. The van der Waals surface area contributed by atoms with E-state index in [-0.39, 0.29) is 24.5 Å². The number of anilines is 2. The highest BCUT2D eigenvalue weighted by atomic mass is 16.5. The number of hydrogen-bond donors (Lipinski definition) is 2. The standard InChI is InChI=1S/C26H35N3O4/c30-23(15-26-12-18-9-19(13-26)11-20(10-18)14-26)27-16-25(32)33-17-24(31)28-21-3-5-22(6-4-21)29-7-1-2-8-29/h3-6,18-20H,1-2,7-17H2,(H,27,30)(H,28,31). The summed E-state index contributed by atoms with van der Waals surface area (Å²) < 4.78 is 5.05. The van der Waals surface area contributed by atoms with Crippen LogP contribution in [0.25, 0.3) is 0 Å². The second-order valence-corrected chi connectivity index (χ2v) is 10.8. The lowest BCUT2D eigenvalue weighted by molar-refractivity contribution is -0.147. The van der Waals surface area contributed by atoms with Gasteiger partial charge in [-0.05, 0) is 98.8 Å². The normalized spacial score (nSPS) is 29.7. The Labute approximate surface area is 195 Å². The largest absolute Gasteiger partial charge is 0.454 e. The molecule has 178 valence electrons. The highest BCUT2D eigenvalue weighted by Crippen LogP contribution is 2.61. The van der Waals surface area contributed by atoms with Crippen molar-refractivity contribution < 1.29 is 19.1 Å². The number of hydrogen-bond acceptors (Lipinski definition) is 5. The van der Waals surface area contributed by atoms with Crippen LogP contribution >= 0.6 is 0 Å². The second-order valence-electron chi connectivity index (χ2n) is 10.8. The van der Waals surface area contributed by atoms with Crippen LogP contribution in [0.1, 0.15) is 57.8 Å². The Kier molecular flexibility index (Phi) is 6.30. The Bertz CT molecular complexity index is 856. The van der Waals surface area contributed by atoms with Crippen LogP contribution in [0, 0.1) is 23.2 Å². The molecule has 0 aromatic heterocycles. The molecule has 1 aromatic carbocycles. The van der Waals surface area contributed by atoms with Gasteiger partial charge in [0.15, 0.2) is 6.61 Å². The predicted molar refractivity (Wildman–Crippen MR) is 126 cm³/mol. The first-order chi connectivity index (χ1) is 16.0. The van der Waals surface area contributed by atoms with Crippen molar-refractivity contribution in [3.8, 4) is 0 Å². The van der Waals surface area contributed by atoms with Crippen LogP contribution < -0.4 is 15.5 Å². The van der Waals surface area contributed by atoms with E-state index in [1.54, 1.807) is 0 Å². The lowest BCUT2D eigenvalue weighted by atomic mass is 9.49. The number of carbonyl (C=O) groups is 3. The lowest BCUT2D eigenvalue weighted by Crippen LogP contribution is -2.48. The molecule has 1 aliphatic heterocycles. The molecule has 4 saturated carbocycles. The van der Waals surface area contributed by atoms with Crippen molar-refractivity contribution in [2.24, 2.45) is 23.2 Å². The van der Waals surface area contributed by atoms with Crippen molar-refractivity contribution in [3.63, 3.8) is 0 Å². The first-order valence-electron chi connectivity index (χ1n) is 12.5. The van der Waals surface area contributed by atoms with Gasteiger partial charge in [-0.25, -0.2) is 0 Å². The third-order valence-electron chi connectivity index (χ3n) is 8.12. The van der Waals surface area contributed by atoms with E-state index in [0.29, 0.717) is 12.1 Å². The fraction of sp³-hybridized carbons (Fsp3) is 0.654. The van der Waals surface area contributed by atoms with Crippen molar-refractivity contribution >= 4 is 29.2 Å². The van der Waals surface area contributed by atoms with Crippen LogP contribution in [0.15, 0.2) is 24.3 Å². The van der Waals surface area contributed by atoms with E-state index < -0.39 is 11.9 Å². The van der Waals surface area contributed by atoms with Gasteiger partial charge < -0.3 is 20.3 Å². The smallest absolute Gasteiger partial charge is 0.325 e. The molecule has 4 bridgehead atoms. The van der Waals surface area contributed by atoms with Gasteiger partial charge in [-0.3, -0.25) is 14.4 Å². The summed E-state index contributed by atoms with van der Waals surface area (Å²) in [6, 6.07) is 7.70. The quantitative estimate of drug-likeness (QED) is 0.589. The summed E-state index contributed by atoms with van der Waals surface area (Å²) in [5.74, 6) is 1.33. The summed E-state index contributed by atoms with van der Waals surface area (Å²) in [7, 11) is 0. The van der Waals surface area contributed by atoms with E-state index in [1.807, 2.05) is 24.3 Å². The summed E-state index contributed by atoms with van der Waals surface area (Å²) in [6.07, 6.45) is 10.5. The number of rotatable bonds is 8. The van der Waals surface area contributed by atoms with Gasteiger partial charge >= 0.3 is 5.97 Å². The first kappa shape index (κ1) is 22.2. The highest BCUT2D eigenvalue weighted by molar-refractivity contribution is 5.93. The average Bonchev–Trinajstić information content (AvgIpc) is 3.30. The minimum atomic E-state index is -0.589. The maximum Gasteiger partial charge on any atom is 0.325 e. The molecule has 0 radical (unpaired) electrons. The van der Waals surface area contributed by atoms with E-state index in [4.69, 9.17) is 4.74 Å². The minimum absolute atomic E-state index is 0.0727. The SMILES string of the molecule is O=C(CC12CC3CC(CC(C3)C1)C2)NCC(=O)OCC(=O)Nc1ccc(N2CCCC2)cc1. The molecule has 0 spiro atoms.